The molecule has 4 heteroatoms. The number of para-hydroxylation sites is 1. The first-order valence-electron chi connectivity index (χ1n) is 5.85. The van der Waals surface area contributed by atoms with E-state index in [9.17, 15) is 4.79 Å². The minimum Gasteiger partial charge on any atom is -0.494 e. The molecule has 94 valence electrons. The Kier molecular flexibility index (Phi) is 6.82. The van der Waals surface area contributed by atoms with Crippen LogP contribution in [0.3, 0.4) is 0 Å². The zero-order valence-corrected chi connectivity index (χ0v) is 10.1. The quantitative estimate of drug-likeness (QED) is 0.699. The number of hydrogen-bond donors (Lipinski definition) is 1. The maximum atomic E-state index is 11.2. The third kappa shape index (κ3) is 6.58. The third-order valence-corrected chi connectivity index (χ3v) is 2.09. The summed E-state index contributed by atoms with van der Waals surface area (Å²) in [4.78, 5) is 11.2. The Morgan fingerprint density at radius 2 is 2.06 bits per heavy atom. The Bertz CT molecular complexity index is 314. The second kappa shape index (κ2) is 8.58. The first kappa shape index (κ1) is 13.5. The van der Waals surface area contributed by atoms with Gasteiger partial charge in [-0.15, -0.1) is 0 Å². The summed E-state index contributed by atoms with van der Waals surface area (Å²) in [6, 6.07) is 9.63. The zero-order chi connectivity index (χ0) is 12.3. The fourth-order valence-electron chi connectivity index (χ4n) is 1.25. The molecule has 1 N–H and O–H groups in total. The average molecular weight is 237 g/mol. The van der Waals surface area contributed by atoms with Gasteiger partial charge in [0.15, 0.2) is 0 Å². The molecule has 0 spiro atoms. The predicted octanol–water partition coefficient (Wildman–Crippen LogP) is 1.61. The highest BCUT2D eigenvalue weighted by Crippen LogP contribution is 2.07. The number of carbonyl (C=O) groups is 1. The van der Waals surface area contributed by atoms with Crippen LogP contribution in [-0.4, -0.2) is 32.3 Å². The van der Waals surface area contributed by atoms with Gasteiger partial charge < -0.3 is 14.8 Å². The summed E-state index contributed by atoms with van der Waals surface area (Å²) in [5, 5.41) is 2.76. The zero-order valence-electron chi connectivity index (χ0n) is 10.1. The highest BCUT2D eigenvalue weighted by molar-refractivity contribution is 5.77. The molecule has 1 rings (SSSR count). The van der Waals surface area contributed by atoms with Crippen molar-refractivity contribution in [2.45, 2.75) is 13.3 Å². The van der Waals surface area contributed by atoms with E-state index in [-0.39, 0.29) is 12.5 Å². The molecule has 1 aromatic carbocycles. The van der Waals surface area contributed by atoms with E-state index in [1.165, 1.54) is 0 Å². The van der Waals surface area contributed by atoms with Crippen LogP contribution in [0.2, 0.25) is 0 Å². The Labute approximate surface area is 102 Å². The van der Waals surface area contributed by atoms with Gasteiger partial charge in [-0.05, 0) is 25.5 Å². The molecule has 0 aliphatic carbocycles. The normalized spacial score (nSPS) is 9.94. The second-order valence-corrected chi connectivity index (χ2v) is 3.50. The largest absolute Gasteiger partial charge is 0.494 e. The maximum Gasteiger partial charge on any atom is 0.245 e. The number of benzene rings is 1. The van der Waals surface area contributed by atoms with Crippen LogP contribution in [0, 0.1) is 0 Å². The van der Waals surface area contributed by atoms with Crippen LogP contribution in [0.25, 0.3) is 0 Å². The van der Waals surface area contributed by atoms with E-state index in [2.05, 4.69) is 5.32 Å². The predicted molar refractivity (Wildman–Crippen MR) is 66.1 cm³/mol. The lowest BCUT2D eigenvalue weighted by molar-refractivity contribution is -0.125. The number of rotatable bonds is 8. The molecule has 17 heavy (non-hydrogen) atoms. The summed E-state index contributed by atoms with van der Waals surface area (Å²) in [7, 11) is 0. The monoisotopic (exact) mass is 237 g/mol. The molecule has 4 nitrogen and oxygen atoms in total. The number of amides is 1. The molecular weight excluding hydrogens is 218 g/mol. The number of hydrogen-bond acceptors (Lipinski definition) is 3. The van der Waals surface area contributed by atoms with Crippen molar-refractivity contribution >= 4 is 5.91 Å². The standard InChI is InChI=1S/C13H19NO3/c1-2-16-11-13(15)14-9-6-10-17-12-7-4-3-5-8-12/h3-5,7-8H,2,6,9-11H2,1H3,(H,14,15). The Balaban J connectivity index is 1.99. The van der Waals surface area contributed by atoms with Gasteiger partial charge in [0.25, 0.3) is 0 Å². The molecule has 0 atom stereocenters. The van der Waals surface area contributed by atoms with Gasteiger partial charge in [0.1, 0.15) is 12.4 Å². The van der Waals surface area contributed by atoms with Gasteiger partial charge in [-0.2, -0.15) is 0 Å². The van der Waals surface area contributed by atoms with Crippen molar-refractivity contribution in [3.63, 3.8) is 0 Å². The van der Waals surface area contributed by atoms with Gasteiger partial charge in [-0.1, -0.05) is 18.2 Å². The van der Waals surface area contributed by atoms with Crippen molar-refractivity contribution in [3.8, 4) is 5.75 Å². The summed E-state index contributed by atoms with van der Waals surface area (Å²) in [6.07, 6.45) is 0.784. The van der Waals surface area contributed by atoms with Crippen LogP contribution in [0.4, 0.5) is 0 Å². The van der Waals surface area contributed by atoms with Gasteiger partial charge in [-0.25, -0.2) is 0 Å². The Morgan fingerprint density at radius 1 is 1.29 bits per heavy atom. The molecular formula is C13H19NO3. The van der Waals surface area contributed by atoms with E-state index in [4.69, 9.17) is 9.47 Å². The fraction of sp³-hybridized carbons (Fsp3) is 0.462. The highest BCUT2D eigenvalue weighted by atomic mass is 16.5. The van der Waals surface area contributed by atoms with Crippen LogP contribution in [0.5, 0.6) is 5.75 Å². The van der Waals surface area contributed by atoms with E-state index in [0.717, 1.165) is 12.2 Å². The molecule has 0 saturated heterocycles. The van der Waals surface area contributed by atoms with Gasteiger partial charge in [-0.3, -0.25) is 4.79 Å². The van der Waals surface area contributed by atoms with E-state index in [1.54, 1.807) is 0 Å². The van der Waals surface area contributed by atoms with Crippen molar-refractivity contribution in [1.82, 2.24) is 5.32 Å². The number of ether oxygens (including phenoxy) is 2. The minimum absolute atomic E-state index is 0.0773. The topological polar surface area (TPSA) is 47.6 Å². The molecule has 0 aliphatic rings. The molecule has 1 amide bonds. The third-order valence-electron chi connectivity index (χ3n) is 2.09. The molecule has 0 unspecified atom stereocenters. The van der Waals surface area contributed by atoms with E-state index >= 15 is 0 Å². The first-order valence-corrected chi connectivity index (χ1v) is 5.85. The summed E-state index contributed by atoms with van der Waals surface area (Å²) < 4.78 is 10.5. The van der Waals surface area contributed by atoms with Crippen LogP contribution >= 0.6 is 0 Å². The van der Waals surface area contributed by atoms with Crippen LogP contribution in [0.15, 0.2) is 30.3 Å². The summed E-state index contributed by atoms with van der Waals surface area (Å²) >= 11 is 0. The highest BCUT2D eigenvalue weighted by Gasteiger charge is 1.99. The summed E-state index contributed by atoms with van der Waals surface area (Å²) in [5.41, 5.74) is 0. The fourth-order valence-corrected chi connectivity index (χ4v) is 1.25. The van der Waals surface area contributed by atoms with Crippen LogP contribution in [0.1, 0.15) is 13.3 Å². The van der Waals surface area contributed by atoms with Gasteiger partial charge >= 0.3 is 0 Å². The molecule has 1 aromatic rings. The van der Waals surface area contributed by atoms with Gasteiger partial charge in [0, 0.05) is 13.2 Å². The average Bonchev–Trinajstić information content (AvgIpc) is 2.37. The smallest absolute Gasteiger partial charge is 0.245 e. The molecule has 0 saturated carbocycles. The Morgan fingerprint density at radius 3 is 2.76 bits per heavy atom. The molecule has 0 aliphatic heterocycles. The van der Waals surface area contributed by atoms with E-state index in [1.807, 2.05) is 37.3 Å². The lowest BCUT2D eigenvalue weighted by Gasteiger charge is -2.07. The molecule has 0 fully saturated rings. The summed E-state index contributed by atoms with van der Waals surface area (Å²) in [5.74, 6) is 0.778. The lowest BCUT2D eigenvalue weighted by Crippen LogP contribution is -2.29. The first-order chi connectivity index (χ1) is 8.33. The van der Waals surface area contributed by atoms with E-state index < -0.39 is 0 Å². The molecule has 0 bridgehead atoms. The van der Waals surface area contributed by atoms with Crippen LogP contribution in [-0.2, 0) is 9.53 Å². The van der Waals surface area contributed by atoms with Crippen molar-refractivity contribution in [2.75, 3.05) is 26.4 Å². The number of carbonyl (C=O) groups excluding carboxylic acids is 1. The minimum atomic E-state index is -0.0773. The van der Waals surface area contributed by atoms with Crippen molar-refractivity contribution in [1.29, 1.82) is 0 Å². The summed E-state index contributed by atoms with van der Waals surface area (Å²) in [6.45, 7) is 3.76. The van der Waals surface area contributed by atoms with Crippen molar-refractivity contribution in [3.05, 3.63) is 30.3 Å². The van der Waals surface area contributed by atoms with Crippen molar-refractivity contribution < 1.29 is 14.3 Å². The molecule has 0 aromatic heterocycles. The van der Waals surface area contributed by atoms with Gasteiger partial charge in [0.2, 0.25) is 5.91 Å². The molecule has 0 heterocycles. The Hall–Kier alpha value is -1.55. The van der Waals surface area contributed by atoms with Crippen molar-refractivity contribution in [2.24, 2.45) is 0 Å². The lowest BCUT2D eigenvalue weighted by atomic mass is 10.3. The number of nitrogens with one attached hydrogen (secondary N) is 1. The van der Waals surface area contributed by atoms with Crippen LogP contribution < -0.4 is 10.1 Å². The SMILES string of the molecule is CCOCC(=O)NCCCOc1ccccc1. The van der Waals surface area contributed by atoms with Gasteiger partial charge in [0.05, 0.1) is 6.61 Å². The second-order valence-electron chi connectivity index (χ2n) is 3.50. The van der Waals surface area contributed by atoms with E-state index in [0.29, 0.717) is 19.8 Å². The molecule has 0 radical (unpaired) electrons. The maximum absolute atomic E-state index is 11.2.